The van der Waals surface area contributed by atoms with Crippen LogP contribution in [0.2, 0.25) is 0 Å². The van der Waals surface area contributed by atoms with Crippen LogP contribution in [0.25, 0.3) is 11.0 Å². The molecule has 2 nitrogen and oxygen atoms in total. The van der Waals surface area contributed by atoms with E-state index in [1.54, 1.807) is 0 Å². The summed E-state index contributed by atoms with van der Waals surface area (Å²) in [5.41, 5.74) is 7.84. The molecule has 90 valence electrons. The van der Waals surface area contributed by atoms with Crippen molar-refractivity contribution >= 4 is 11.0 Å². The Balaban J connectivity index is 1.95. The van der Waals surface area contributed by atoms with Crippen LogP contribution in [0.5, 0.6) is 0 Å². The van der Waals surface area contributed by atoms with Crippen LogP contribution in [0.15, 0.2) is 28.7 Å². The highest BCUT2D eigenvalue weighted by molar-refractivity contribution is 5.78. The van der Waals surface area contributed by atoms with Crippen LogP contribution in [-0.4, -0.2) is 0 Å². The minimum atomic E-state index is 0.597. The highest BCUT2D eigenvalue weighted by Gasteiger charge is 2.19. The third-order valence-corrected chi connectivity index (χ3v) is 3.84. The minimum absolute atomic E-state index is 0.597. The Labute approximate surface area is 102 Å². The molecule has 1 aromatic heterocycles. The lowest BCUT2D eigenvalue weighted by Crippen LogP contribution is -2.02. The van der Waals surface area contributed by atoms with Crippen LogP contribution in [0.3, 0.4) is 0 Å². The van der Waals surface area contributed by atoms with E-state index in [4.69, 9.17) is 10.2 Å². The summed E-state index contributed by atoms with van der Waals surface area (Å²) in [6.45, 7) is 0.597. The van der Waals surface area contributed by atoms with Gasteiger partial charge < -0.3 is 10.2 Å². The Morgan fingerprint density at radius 1 is 1.12 bits per heavy atom. The van der Waals surface area contributed by atoms with Crippen molar-refractivity contribution in [2.45, 2.75) is 44.6 Å². The average molecular weight is 229 g/mol. The molecule has 2 aromatic rings. The number of hydrogen-bond donors (Lipinski definition) is 1. The molecular weight excluding hydrogens is 210 g/mol. The van der Waals surface area contributed by atoms with Crippen molar-refractivity contribution in [2.24, 2.45) is 5.73 Å². The normalized spacial score (nSPS) is 17.7. The van der Waals surface area contributed by atoms with Crippen LogP contribution in [0.4, 0.5) is 0 Å². The van der Waals surface area contributed by atoms with Crippen molar-refractivity contribution in [3.05, 3.63) is 35.6 Å². The number of rotatable bonds is 2. The van der Waals surface area contributed by atoms with Gasteiger partial charge in [-0.05, 0) is 36.6 Å². The lowest BCUT2D eigenvalue weighted by atomic mass is 9.87. The number of nitrogens with two attached hydrogens (primary N) is 1. The van der Waals surface area contributed by atoms with Gasteiger partial charge in [-0.1, -0.05) is 25.3 Å². The summed E-state index contributed by atoms with van der Waals surface area (Å²) in [6, 6.07) is 8.45. The van der Waals surface area contributed by atoms with E-state index in [2.05, 4.69) is 18.2 Å². The first-order valence-electron chi connectivity index (χ1n) is 6.59. The quantitative estimate of drug-likeness (QED) is 0.847. The van der Waals surface area contributed by atoms with Gasteiger partial charge in [0.25, 0.3) is 0 Å². The molecule has 1 aliphatic rings. The standard InChI is InChI=1S/C15H19NO/c16-10-11-6-7-14-13(8-11)9-15(17-14)12-4-2-1-3-5-12/h6-9,12H,1-5,10,16H2. The Bertz CT molecular complexity index is 509. The van der Waals surface area contributed by atoms with Crippen molar-refractivity contribution in [3.63, 3.8) is 0 Å². The lowest BCUT2D eigenvalue weighted by molar-refractivity contribution is 0.385. The summed E-state index contributed by atoms with van der Waals surface area (Å²) in [6.07, 6.45) is 6.63. The number of hydrogen-bond acceptors (Lipinski definition) is 2. The third-order valence-electron chi connectivity index (χ3n) is 3.84. The molecule has 1 saturated carbocycles. The average Bonchev–Trinajstić information content (AvgIpc) is 2.82. The maximum atomic E-state index is 5.97. The van der Waals surface area contributed by atoms with E-state index in [-0.39, 0.29) is 0 Å². The number of fused-ring (bicyclic) bond motifs is 1. The zero-order valence-electron chi connectivity index (χ0n) is 10.1. The molecule has 1 aromatic carbocycles. The van der Waals surface area contributed by atoms with E-state index < -0.39 is 0 Å². The SMILES string of the molecule is NCc1ccc2oc(C3CCCCC3)cc2c1. The van der Waals surface area contributed by atoms with Gasteiger partial charge in [-0.2, -0.15) is 0 Å². The highest BCUT2D eigenvalue weighted by atomic mass is 16.3. The first kappa shape index (κ1) is 10.8. The second-order valence-electron chi connectivity index (χ2n) is 5.06. The molecule has 0 amide bonds. The molecule has 1 heterocycles. The number of benzene rings is 1. The zero-order chi connectivity index (χ0) is 11.7. The summed E-state index contributed by atoms with van der Waals surface area (Å²) >= 11 is 0. The van der Waals surface area contributed by atoms with E-state index in [1.807, 2.05) is 6.07 Å². The van der Waals surface area contributed by atoms with E-state index in [0.717, 1.165) is 5.58 Å². The van der Waals surface area contributed by atoms with Crippen molar-refractivity contribution in [3.8, 4) is 0 Å². The highest BCUT2D eigenvalue weighted by Crippen LogP contribution is 2.35. The van der Waals surface area contributed by atoms with Gasteiger partial charge in [0, 0.05) is 17.8 Å². The van der Waals surface area contributed by atoms with Crippen molar-refractivity contribution in [2.75, 3.05) is 0 Å². The fraction of sp³-hybridized carbons (Fsp3) is 0.467. The third kappa shape index (κ3) is 2.09. The lowest BCUT2D eigenvalue weighted by Gasteiger charge is -2.18. The smallest absolute Gasteiger partial charge is 0.134 e. The Morgan fingerprint density at radius 2 is 1.94 bits per heavy atom. The van der Waals surface area contributed by atoms with E-state index in [1.165, 1.54) is 48.8 Å². The largest absolute Gasteiger partial charge is 0.461 e. The molecule has 17 heavy (non-hydrogen) atoms. The molecule has 0 bridgehead atoms. The minimum Gasteiger partial charge on any atom is -0.461 e. The zero-order valence-corrected chi connectivity index (χ0v) is 10.1. The maximum absolute atomic E-state index is 5.97. The van der Waals surface area contributed by atoms with Crippen LogP contribution >= 0.6 is 0 Å². The molecule has 0 saturated heterocycles. The molecule has 0 aliphatic heterocycles. The van der Waals surface area contributed by atoms with Gasteiger partial charge in [-0.25, -0.2) is 0 Å². The van der Waals surface area contributed by atoms with E-state index in [9.17, 15) is 0 Å². The van der Waals surface area contributed by atoms with Gasteiger partial charge in [-0.3, -0.25) is 0 Å². The topological polar surface area (TPSA) is 39.2 Å². The van der Waals surface area contributed by atoms with Crippen LogP contribution in [-0.2, 0) is 6.54 Å². The second-order valence-corrected chi connectivity index (χ2v) is 5.06. The van der Waals surface area contributed by atoms with Crippen LogP contribution < -0.4 is 5.73 Å². The first-order chi connectivity index (χ1) is 8.36. The monoisotopic (exact) mass is 229 g/mol. The fourth-order valence-electron chi connectivity index (χ4n) is 2.83. The van der Waals surface area contributed by atoms with Crippen LogP contribution in [0, 0.1) is 0 Å². The molecule has 0 atom stereocenters. The van der Waals surface area contributed by atoms with Gasteiger partial charge in [0.05, 0.1) is 0 Å². The summed E-state index contributed by atoms with van der Waals surface area (Å²) in [5.74, 6) is 1.81. The van der Waals surface area contributed by atoms with Gasteiger partial charge in [0.1, 0.15) is 11.3 Å². The van der Waals surface area contributed by atoms with E-state index in [0.29, 0.717) is 12.5 Å². The molecule has 3 rings (SSSR count). The Kier molecular flexibility index (Phi) is 2.89. The molecular formula is C15H19NO. The maximum Gasteiger partial charge on any atom is 0.134 e. The Hall–Kier alpha value is -1.28. The molecule has 2 heteroatoms. The van der Waals surface area contributed by atoms with E-state index >= 15 is 0 Å². The molecule has 0 radical (unpaired) electrons. The second kappa shape index (κ2) is 4.53. The van der Waals surface area contributed by atoms with Gasteiger partial charge in [0.15, 0.2) is 0 Å². The van der Waals surface area contributed by atoms with Crippen LogP contribution in [0.1, 0.15) is 49.3 Å². The first-order valence-corrected chi connectivity index (χ1v) is 6.59. The predicted molar refractivity (Wildman–Crippen MR) is 69.9 cm³/mol. The van der Waals surface area contributed by atoms with Gasteiger partial charge >= 0.3 is 0 Å². The van der Waals surface area contributed by atoms with Gasteiger partial charge in [0.2, 0.25) is 0 Å². The summed E-state index contributed by atoms with van der Waals surface area (Å²) in [5, 5.41) is 1.20. The van der Waals surface area contributed by atoms with Crippen molar-refractivity contribution < 1.29 is 4.42 Å². The number of furan rings is 1. The molecule has 1 aliphatic carbocycles. The Morgan fingerprint density at radius 3 is 2.71 bits per heavy atom. The molecule has 0 spiro atoms. The molecule has 0 unspecified atom stereocenters. The van der Waals surface area contributed by atoms with Gasteiger partial charge in [-0.15, -0.1) is 0 Å². The molecule has 2 N–H and O–H groups in total. The summed E-state index contributed by atoms with van der Waals surface area (Å²) < 4.78 is 5.97. The predicted octanol–water partition coefficient (Wildman–Crippen LogP) is 3.94. The van der Waals surface area contributed by atoms with Crippen molar-refractivity contribution in [1.82, 2.24) is 0 Å². The molecule has 1 fully saturated rings. The fourth-order valence-corrected chi connectivity index (χ4v) is 2.83. The summed E-state index contributed by atoms with van der Waals surface area (Å²) in [4.78, 5) is 0. The van der Waals surface area contributed by atoms with Crippen molar-refractivity contribution in [1.29, 1.82) is 0 Å². The summed E-state index contributed by atoms with van der Waals surface area (Å²) in [7, 11) is 0.